The second-order valence-corrected chi connectivity index (χ2v) is 8.58. The van der Waals surface area contributed by atoms with E-state index in [1.807, 2.05) is 24.3 Å². The highest BCUT2D eigenvalue weighted by atomic mass is 35.5. The molecule has 2 aromatic heterocycles. The van der Waals surface area contributed by atoms with Crippen LogP contribution in [0.25, 0.3) is 10.6 Å². The maximum absolute atomic E-state index is 6.27. The summed E-state index contributed by atoms with van der Waals surface area (Å²) in [5, 5.41) is 13.5. The van der Waals surface area contributed by atoms with Crippen LogP contribution < -0.4 is 0 Å². The van der Waals surface area contributed by atoms with Gasteiger partial charge in [0.25, 0.3) is 0 Å². The molecule has 0 spiro atoms. The number of thiazole rings is 1. The Morgan fingerprint density at radius 2 is 1.92 bits per heavy atom. The van der Waals surface area contributed by atoms with E-state index >= 15 is 0 Å². The van der Waals surface area contributed by atoms with Gasteiger partial charge in [-0.2, -0.15) is 0 Å². The first-order valence-corrected chi connectivity index (χ1v) is 10.5. The molecule has 0 saturated carbocycles. The quantitative estimate of drug-likeness (QED) is 0.479. The molecule has 2 heterocycles. The fourth-order valence-electron chi connectivity index (χ4n) is 2.54. The van der Waals surface area contributed by atoms with E-state index in [2.05, 4.69) is 47.8 Å². The largest absolute Gasteiger partial charge is 0.303 e. The maximum atomic E-state index is 6.27. The van der Waals surface area contributed by atoms with Crippen molar-refractivity contribution in [3.05, 3.63) is 46.2 Å². The lowest BCUT2D eigenvalue weighted by atomic mass is 10.2. The first-order valence-electron chi connectivity index (χ1n) is 8.24. The van der Waals surface area contributed by atoms with Crippen LogP contribution in [-0.4, -0.2) is 19.7 Å². The zero-order chi connectivity index (χ0) is 18.0. The van der Waals surface area contributed by atoms with Crippen molar-refractivity contribution in [2.75, 3.05) is 0 Å². The lowest BCUT2D eigenvalue weighted by Gasteiger charge is -2.15. The molecule has 3 rings (SSSR count). The molecular weight excluding hydrogens is 372 g/mol. The van der Waals surface area contributed by atoms with E-state index < -0.39 is 0 Å². The van der Waals surface area contributed by atoms with E-state index in [1.54, 1.807) is 23.1 Å². The van der Waals surface area contributed by atoms with Crippen molar-refractivity contribution < 1.29 is 0 Å². The van der Waals surface area contributed by atoms with Crippen LogP contribution in [0.2, 0.25) is 5.02 Å². The van der Waals surface area contributed by atoms with Crippen molar-refractivity contribution in [1.29, 1.82) is 0 Å². The molecule has 0 bridgehead atoms. The highest BCUT2D eigenvalue weighted by Crippen LogP contribution is 2.32. The molecule has 0 saturated heterocycles. The molecule has 0 unspecified atom stereocenters. The molecule has 0 aliphatic carbocycles. The molecule has 132 valence electrons. The molecule has 0 fully saturated rings. The summed E-state index contributed by atoms with van der Waals surface area (Å²) in [5.74, 6) is 2.16. The predicted octanol–water partition coefficient (Wildman–Crippen LogP) is 6.05. The number of hydrogen-bond acceptors (Lipinski definition) is 5. The van der Waals surface area contributed by atoms with E-state index in [-0.39, 0.29) is 0 Å². The number of benzene rings is 1. The van der Waals surface area contributed by atoms with Gasteiger partial charge in [0.05, 0.1) is 10.7 Å². The third-order valence-electron chi connectivity index (χ3n) is 3.73. The van der Waals surface area contributed by atoms with E-state index in [9.17, 15) is 0 Å². The molecular formula is C18H21ClN4S2. The van der Waals surface area contributed by atoms with Crippen LogP contribution in [0.4, 0.5) is 0 Å². The first-order chi connectivity index (χ1) is 12.0. The van der Waals surface area contributed by atoms with Gasteiger partial charge in [-0.05, 0) is 19.9 Å². The van der Waals surface area contributed by atoms with Crippen LogP contribution in [0.1, 0.15) is 51.2 Å². The Hall–Kier alpha value is -1.37. The van der Waals surface area contributed by atoms with E-state index in [4.69, 9.17) is 16.6 Å². The van der Waals surface area contributed by atoms with Gasteiger partial charge in [0.15, 0.2) is 5.16 Å². The summed E-state index contributed by atoms with van der Waals surface area (Å²) in [6.07, 6.45) is 0. The third kappa shape index (κ3) is 4.07. The van der Waals surface area contributed by atoms with Gasteiger partial charge in [-0.15, -0.1) is 21.5 Å². The third-order valence-corrected chi connectivity index (χ3v) is 5.96. The monoisotopic (exact) mass is 392 g/mol. The Labute approximate surface area is 161 Å². The molecule has 0 atom stereocenters. The zero-order valence-corrected chi connectivity index (χ0v) is 17.1. The van der Waals surface area contributed by atoms with Crippen LogP contribution in [0.3, 0.4) is 0 Å². The van der Waals surface area contributed by atoms with Crippen LogP contribution in [0.15, 0.2) is 34.8 Å². The molecule has 0 aliphatic heterocycles. The molecule has 1 aromatic carbocycles. The van der Waals surface area contributed by atoms with Gasteiger partial charge in [-0.25, -0.2) is 4.98 Å². The van der Waals surface area contributed by atoms with Crippen molar-refractivity contribution in [1.82, 2.24) is 19.7 Å². The highest BCUT2D eigenvalue weighted by Gasteiger charge is 2.18. The summed E-state index contributed by atoms with van der Waals surface area (Å²) in [6, 6.07) is 8.15. The van der Waals surface area contributed by atoms with Crippen LogP contribution in [0.5, 0.6) is 0 Å². The normalized spacial score (nSPS) is 11.6. The van der Waals surface area contributed by atoms with Crippen molar-refractivity contribution in [2.24, 2.45) is 0 Å². The van der Waals surface area contributed by atoms with Gasteiger partial charge in [0.2, 0.25) is 0 Å². The smallest absolute Gasteiger partial charge is 0.191 e. The molecule has 4 nitrogen and oxygen atoms in total. The molecule has 0 N–H and O–H groups in total. The highest BCUT2D eigenvalue weighted by molar-refractivity contribution is 7.98. The summed E-state index contributed by atoms with van der Waals surface area (Å²) >= 11 is 9.57. The SMILES string of the molecule is CC(C)c1nnc(SCc2csc(-c3ccccc3Cl)n2)n1C(C)C. The van der Waals surface area contributed by atoms with E-state index in [0.717, 1.165) is 38.0 Å². The van der Waals surface area contributed by atoms with Gasteiger partial charge in [-0.1, -0.05) is 55.4 Å². The molecule has 25 heavy (non-hydrogen) atoms. The second kappa shape index (κ2) is 7.89. The molecule has 3 aromatic rings. The summed E-state index contributed by atoms with van der Waals surface area (Å²) in [5.41, 5.74) is 2.02. The van der Waals surface area contributed by atoms with E-state index in [0.29, 0.717) is 12.0 Å². The topological polar surface area (TPSA) is 43.6 Å². The Bertz CT molecular complexity index is 854. The molecule has 0 radical (unpaired) electrons. The lowest BCUT2D eigenvalue weighted by Crippen LogP contribution is -2.09. The lowest BCUT2D eigenvalue weighted by molar-refractivity contribution is 0.512. The van der Waals surface area contributed by atoms with Crippen molar-refractivity contribution in [3.8, 4) is 10.6 Å². The van der Waals surface area contributed by atoms with Crippen molar-refractivity contribution in [3.63, 3.8) is 0 Å². The number of rotatable bonds is 6. The Balaban J connectivity index is 1.76. The average molecular weight is 393 g/mol. The minimum atomic E-state index is 0.337. The van der Waals surface area contributed by atoms with Gasteiger partial charge < -0.3 is 4.57 Å². The Morgan fingerprint density at radius 1 is 1.16 bits per heavy atom. The summed E-state index contributed by atoms with van der Waals surface area (Å²) in [7, 11) is 0. The molecule has 7 heteroatoms. The van der Waals surface area contributed by atoms with Crippen LogP contribution >= 0.6 is 34.7 Å². The summed E-state index contributed by atoms with van der Waals surface area (Å²) < 4.78 is 2.22. The van der Waals surface area contributed by atoms with Gasteiger partial charge in [0.1, 0.15) is 10.8 Å². The van der Waals surface area contributed by atoms with E-state index in [1.165, 1.54) is 0 Å². The zero-order valence-electron chi connectivity index (χ0n) is 14.7. The molecule has 0 aliphatic rings. The Morgan fingerprint density at radius 3 is 2.60 bits per heavy atom. The van der Waals surface area contributed by atoms with Crippen molar-refractivity contribution >= 4 is 34.7 Å². The predicted molar refractivity (Wildman–Crippen MR) is 107 cm³/mol. The summed E-state index contributed by atoms with van der Waals surface area (Å²) in [4.78, 5) is 4.73. The summed E-state index contributed by atoms with van der Waals surface area (Å²) in [6.45, 7) is 8.62. The average Bonchev–Trinajstić information content (AvgIpc) is 3.20. The van der Waals surface area contributed by atoms with Crippen molar-refractivity contribution in [2.45, 2.75) is 50.6 Å². The number of nitrogens with zero attached hydrogens (tertiary/aromatic N) is 4. The fourth-order valence-corrected chi connectivity index (χ4v) is 4.75. The standard InChI is InChI=1S/C18H21ClN4S2/c1-11(2)16-21-22-18(23(16)12(3)4)25-10-13-9-24-17(20-13)14-7-5-6-8-15(14)19/h5-9,11-12H,10H2,1-4H3. The first kappa shape index (κ1) is 18.4. The van der Waals surface area contributed by atoms with Gasteiger partial charge in [0, 0.05) is 28.7 Å². The molecule has 0 amide bonds. The van der Waals surface area contributed by atoms with Gasteiger partial charge in [-0.3, -0.25) is 0 Å². The fraction of sp³-hybridized carbons (Fsp3) is 0.389. The maximum Gasteiger partial charge on any atom is 0.191 e. The van der Waals surface area contributed by atoms with Gasteiger partial charge >= 0.3 is 0 Å². The number of halogens is 1. The van der Waals surface area contributed by atoms with Crippen LogP contribution in [0, 0.1) is 0 Å². The number of aromatic nitrogens is 4. The number of hydrogen-bond donors (Lipinski definition) is 0. The Kier molecular flexibility index (Phi) is 5.81. The number of thioether (sulfide) groups is 1. The minimum absolute atomic E-state index is 0.337. The van der Waals surface area contributed by atoms with Crippen LogP contribution in [-0.2, 0) is 5.75 Å². The second-order valence-electron chi connectivity index (χ2n) is 6.37. The minimum Gasteiger partial charge on any atom is -0.303 e.